The van der Waals surface area contributed by atoms with Crippen LogP contribution in [0.3, 0.4) is 0 Å². The van der Waals surface area contributed by atoms with Crippen LogP contribution < -0.4 is 0 Å². The second-order valence-corrected chi connectivity index (χ2v) is 6.40. The van der Waals surface area contributed by atoms with E-state index < -0.39 is 0 Å². The highest BCUT2D eigenvalue weighted by molar-refractivity contribution is 7.13. The van der Waals surface area contributed by atoms with Crippen molar-refractivity contribution in [3.63, 3.8) is 0 Å². The molecule has 0 unspecified atom stereocenters. The van der Waals surface area contributed by atoms with Crippen molar-refractivity contribution in [2.45, 2.75) is 25.5 Å². The molecule has 1 saturated heterocycles. The fraction of sp³-hybridized carbons (Fsp3) is 0.400. The van der Waals surface area contributed by atoms with Crippen molar-refractivity contribution in [2.24, 2.45) is 0 Å². The number of aromatic nitrogens is 1. The van der Waals surface area contributed by atoms with Gasteiger partial charge >= 0.3 is 0 Å². The first-order chi connectivity index (χ1) is 9.72. The summed E-state index contributed by atoms with van der Waals surface area (Å²) in [7, 11) is 0. The van der Waals surface area contributed by atoms with Crippen LogP contribution in [0, 0.1) is 0 Å². The molecule has 0 spiro atoms. The van der Waals surface area contributed by atoms with Gasteiger partial charge in [-0.15, -0.1) is 11.3 Å². The summed E-state index contributed by atoms with van der Waals surface area (Å²) in [5.74, 6) is 0. The molecule has 1 aromatic heterocycles. The van der Waals surface area contributed by atoms with Crippen molar-refractivity contribution < 1.29 is 5.11 Å². The van der Waals surface area contributed by atoms with E-state index in [1.165, 1.54) is 0 Å². The Morgan fingerprint density at radius 2 is 2.05 bits per heavy atom. The summed E-state index contributed by atoms with van der Waals surface area (Å²) < 4.78 is 0. The highest BCUT2D eigenvalue weighted by atomic mass is 35.5. The van der Waals surface area contributed by atoms with Crippen LogP contribution in [0.15, 0.2) is 29.6 Å². The molecular formula is C15H17ClN2OS. The van der Waals surface area contributed by atoms with Gasteiger partial charge in [0.25, 0.3) is 0 Å². The average Bonchev–Trinajstić information content (AvgIpc) is 2.90. The number of halogens is 1. The van der Waals surface area contributed by atoms with Crippen LogP contribution in [0.25, 0.3) is 10.6 Å². The number of hydrogen-bond donors (Lipinski definition) is 1. The molecule has 3 nitrogen and oxygen atoms in total. The zero-order valence-corrected chi connectivity index (χ0v) is 12.7. The van der Waals surface area contributed by atoms with Crippen molar-refractivity contribution >= 4 is 22.9 Å². The van der Waals surface area contributed by atoms with Gasteiger partial charge in [0.1, 0.15) is 5.01 Å². The SMILES string of the molecule is OC1CCN(Cc2csc(-c3ccccc3Cl)n2)CC1. The van der Waals surface area contributed by atoms with E-state index >= 15 is 0 Å². The number of aliphatic hydroxyl groups is 1. The van der Waals surface area contributed by atoms with Gasteiger partial charge in [-0.1, -0.05) is 29.8 Å². The van der Waals surface area contributed by atoms with Gasteiger partial charge in [-0.3, -0.25) is 4.90 Å². The van der Waals surface area contributed by atoms with E-state index in [9.17, 15) is 5.11 Å². The predicted octanol–water partition coefficient (Wildman–Crippen LogP) is 3.42. The summed E-state index contributed by atoms with van der Waals surface area (Å²) in [6.07, 6.45) is 1.60. The zero-order chi connectivity index (χ0) is 13.9. The van der Waals surface area contributed by atoms with Crippen LogP contribution in [0.5, 0.6) is 0 Å². The van der Waals surface area contributed by atoms with Crippen LogP contribution in [-0.2, 0) is 6.54 Å². The number of thiazole rings is 1. The second kappa shape index (κ2) is 6.22. The van der Waals surface area contributed by atoms with E-state index in [1.54, 1.807) is 11.3 Å². The number of likely N-dealkylation sites (tertiary alicyclic amines) is 1. The molecule has 0 bridgehead atoms. The third-order valence-electron chi connectivity index (χ3n) is 3.60. The predicted molar refractivity (Wildman–Crippen MR) is 83.1 cm³/mol. The number of rotatable bonds is 3. The van der Waals surface area contributed by atoms with Crippen molar-refractivity contribution in [3.8, 4) is 10.6 Å². The Bertz CT molecular complexity index is 579. The second-order valence-electron chi connectivity index (χ2n) is 5.13. The molecule has 1 aliphatic heterocycles. The lowest BCUT2D eigenvalue weighted by Crippen LogP contribution is -2.35. The molecule has 1 aromatic carbocycles. The smallest absolute Gasteiger partial charge is 0.125 e. The number of piperidine rings is 1. The monoisotopic (exact) mass is 308 g/mol. The normalized spacial score (nSPS) is 17.5. The molecule has 0 atom stereocenters. The Morgan fingerprint density at radius 1 is 1.30 bits per heavy atom. The Balaban J connectivity index is 1.70. The van der Waals surface area contributed by atoms with E-state index in [0.717, 1.165) is 53.8 Å². The number of benzene rings is 1. The summed E-state index contributed by atoms with van der Waals surface area (Å²) in [5.41, 5.74) is 2.08. The van der Waals surface area contributed by atoms with Crippen molar-refractivity contribution in [1.29, 1.82) is 0 Å². The summed E-state index contributed by atoms with van der Waals surface area (Å²) in [6.45, 7) is 2.74. The summed E-state index contributed by atoms with van der Waals surface area (Å²) in [6, 6.07) is 7.81. The fourth-order valence-electron chi connectivity index (χ4n) is 2.44. The molecule has 0 aliphatic carbocycles. The third kappa shape index (κ3) is 3.20. The average molecular weight is 309 g/mol. The van der Waals surface area contributed by atoms with Crippen LogP contribution in [0.1, 0.15) is 18.5 Å². The first kappa shape index (κ1) is 14.0. The molecule has 0 saturated carbocycles. The van der Waals surface area contributed by atoms with Gasteiger partial charge in [-0.05, 0) is 18.9 Å². The molecule has 106 valence electrons. The molecule has 0 amide bonds. The Labute approximate surface area is 127 Å². The molecule has 20 heavy (non-hydrogen) atoms. The van der Waals surface area contributed by atoms with Gasteiger partial charge in [0.15, 0.2) is 0 Å². The molecule has 1 aliphatic rings. The van der Waals surface area contributed by atoms with Gasteiger partial charge in [0.2, 0.25) is 0 Å². The van der Waals surface area contributed by atoms with Crippen LogP contribution in [0.4, 0.5) is 0 Å². The van der Waals surface area contributed by atoms with E-state index in [1.807, 2.05) is 24.3 Å². The Kier molecular flexibility index (Phi) is 4.36. The molecule has 1 fully saturated rings. The Morgan fingerprint density at radius 3 is 2.80 bits per heavy atom. The maximum absolute atomic E-state index is 9.52. The number of nitrogens with zero attached hydrogens (tertiary/aromatic N) is 2. The third-order valence-corrected chi connectivity index (χ3v) is 4.85. The highest BCUT2D eigenvalue weighted by Crippen LogP contribution is 2.30. The largest absolute Gasteiger partial charge is 0.393 e. The first-order valence-corrected chi connectivity index (χ1v) is 8.08. The fourth-order valence-corrected chi connectivity index (χ4v) is 3.58. The quantitative estimate of drug-likeness (QED) is 0.944. The lowest BCUT2D eigenvalue weighted by molar-refractivity contribution is 0.0787. The molecule has 2 heterocycles. The topological polar surface area (TPSA) is 36.4 Å². The van der Waals surface area contributed by atoms with E-state index in [0.29, 0.717) is 0 Å². The van der Waals surface area contributed by atoms with Crippen LogP contribution in [-0.4, -0.2) is 34.2 Å². The van der Waals surface area contributed by atoms with E-state index in [2.05, 4.69) is 15.3 Å². The van der Waals surface area contributed by atoms with Crippen molar-refractivity contribution in [1.82, 2.24) is 9.88 Å². The summed E-state index contributed by atoms with van der Waals surface area (Å²) in [5, 5.41) is 13.3. The lowest BCUT2D eigenvalue weighted by atomic mass is 10.1. The summed E-state index contributed by atoms with van der Waals surface area (Å²) >= 11 is 7.84. The zero-order valence-electron chi connectivity index (χ0n) is 11.1. The van der Waals surface area contributed by atoms with Crippen molar-refractivity contribution in [3.05, 3.63) is 40.4 Å². The maximum atomic E-state index is 9.52. The van der Waals surface area contributed by atoms with Gasteiger partial charge in [-0.2, -0.15) is 0 Å². The molecule has 0 radical (unpaired) electrons. The maximum Gasteiger partial charge on any atom is 0.125 e. The lowest BCUT2D eigenvalue weighted by Gasteiger charge is -2.28. The highest BCUT2D eigenvalue weighted by Gasteiger charge is 2.18. The first-order valence-electron chi connectivity index (χ1n) is 6.82. The van der Waals surface area contributed by atoms with Gasteiger partial charge < -0.3 is 5.11 Å². The van der Waals surface area contributed by atoms with Crippen molar-refractivity contribution in [2.75, 3.05) is 13.1 Å². The molecule has 1 N–H and O–H groups in total. The Hall–Kier alpha value is -0.940. The number of aliphatic hydroxyl groups excluding tert-OH is 1. The van der Waals surface area contributed by atoms with Crippen LogP contribution in [0.2, 0.25) is 5.02 Å². The summed E-state index contributed by atoms with van der Waals surface area (Å²) in [4.78, 5) is 7.03. The minimum atomic E-state index is -0.125. The molecule has 3 rings (SSSR count). The van der Waals surface area contributed by atoms with E-state index in [4.69, 9.17) is 11.6 Å². The van der Waals surface area contributed by atoms with Gasteiger partial charge in [-0.25, -0.2) is 4.98 Å². The van der Waals surface area contributed by atoms with E-state index in [-0.39, 0.29) is 6.10 Å². The van der Waals surface area contributed by atoms with Crippen LogP contribution >= 0.6 is 22.9 Å². The molecule has 5 heteroatoms. The molecule has 2 aromatic rings. The van der Waals surface area contributed by atoms with Gasteiger partial charge in [0.05, 0.1) is 16.8 Å². The molecular weight excluding hydrogens is 292 g/mol. The standard InChI is InChI=1S/C15H17ClN2OS/c16-14-4-2-1-3-13(14)15-17-11(10-20-15)9-18-7-5-12(19)6-8-18/h1-4,10,12,19H,5-9H2. The number of hydrogen-bond acceptors (Lipinski definition) is 4. The van der Waals surface area contributed by atoms with Gasteiger partial charge in [0, 0.05) is 30.6 Å². The minimum absolute atomic E-state index is 0.125. The minimum Gasteiger partial charge on any atom is -0.393 e.